The van der Waals surface area contributed by atoms with E-state index in [1.165, 1.54) is 25.7 Å². The normalized spacial score (nSPS) is 21.5. The Morgan fingerprint density at radius 1 is 1.04 bits per heavy atom. The summed E-state index contributed by atoms with van der Waals surface area (Å²) in [6.45, 7) is 3.70. The molecule has 1 atom stereocenters. The summed E-state index contributed by atoms with van der Waals surface area (Å²) in [4.78, 5) is 21.8. The minimum atomic E-state index is 0.0872. The SMILES string of the molecule is O=C(c1ccc(N2CCCCCC2)nc1)N1CCCC(c2ccn[nH]2)C1. The number of H-pyrrole nitrogens is 1. The zero-order valence-corrected chi connectivity index (χ0v) is 15.2. The summed E-state index contributed by atoms with van der Waals surface area (Å²) in [5.41, 5.74) is 1.81. The van der Waals surface area contributed by atoms with E-state index in [0.29, 0.717) is 11.5 Å². The van der Waals surface area contributed by atoms with Gasteiger partial charge in [-0.1, -0.05) is 12.8 Å². The van der Waals surface area contributed by atoms with Gasteiger partial charge in [-0.15, -0.1) is 0 Å². The molecule has 2 aromatic heterocycles. The van der Waals surface area contributed by atoms with E-state index < -0.39 is 0 Å². The van der Waals surface area contributed by atoms with Crippen molar-refractivity contribution in [2.45, 2.75) is 44.4 Å². The number of amides is 1. The highest BCUT2D eigenvalue weighted by Crippen LogP contribution is 2.26. The topological polar surface area (TPSA) is 65.1 Å². The Bertz CT molecular complexity index is 704. The number of carbonyl (C=O) groups is 1. The number of nitrogens with one attached hydrogen (secondary N) is 1. The largest absolute Gasteiger partial charge is 0.357 e. The van der Waals surface area contributed by atoms with Gasteiger partial charge in [0.05, 0.1) is 5.56 Å². The van der Waals surface area contributed by atoms with Gasteiger partial charge in [-0.05, 0) is 43.9 Å². The molecular formula is C20H27N5O. The average Bonchev–Trinajstić information content (AvgIpc) is 3.10. The maximum Gasteiger partial charge on any atom is 0.255 e. The fourth-order valence-corrected chi connectivity index (χ4v) is 4.09. The van der Waals surface area contributed by atoms with Crippen molar-refractivity contribution in [2.24, 2.45) is 0 Å². The maximum atomic E-state index is 12.9. The van der Waals surface area contributed by atoms with E-state index >= 15 is 0 Å². The highest BCUT2D eigenvalue weighted by molar-refractivity contribution is 5.94. The van der Waals surface area contributed by atoms with E-state index in [-0.39, 0.29) is 5.91 Å². The van der Waals surface area contributed by atoms with Crippen molar-refractivity contribution in [3.63, 3.8) is 0 Å². The van der Waals surface area contributed by atoms with Crippen molar-refractivity contribution in [1.29, 1.82) is 0 Å². The van der Waals surface area contributed by atoms with E-state index in [1.54, 1.807) is 12.4 Å². The summed E-state index contributed by atoms with van der Waals surface area (Å²) in [5.74, 6) is 1.43. The summed E-state index contributed by atoms with van der Waals surface area (Å²) in [6, 6.07) is 5.96. The molecule has 2 aliphatic rings. The number of pyridine rings is 1. The lowest BCUT2D eigenvalue weighted by molar-refractivity contribution is 0.0705. The first-order chi connectivity index (χ1) is 12.8. The summed E-state index contributed by atoms with van der Waals surface area (Å²) in [7, 11) is 0. The van der Waals surface area contributed by atoms with Gasteiger partial charge < -0.3 is 9.80 Å². The van der Waals surface area contributed by atoms with Crippen molar-refractivity contribution in [2.75, 3.05) is 31.1 Å². The van der Waals surface area contributed by atoms with Crippen LogP contribution in [0.4, 0.5) is 5.82 Å². The Labute approximate surface area is 154 Å². The van der Waals surface area contributed by atoms with Crippen molar-refractivity contribution in [3.8, 4) is 0 Å². The minimum Gasteiger partial charge on any atom is -0.357 e. The predicted octanol–water partition coefficient (Wildman–Crippen LogP) is 3.20. The third-order valence-corrected chi connectivity index (χ3v) is 5.60. The summed E-state index contributed by atoms with van der Waals surface area (Å²) in [5, 5.41) is 7.09. The molecule has 4 heterocycles. The molecule has 1 unspecified atom stereocenters. The number of aromatic amines is 1. The predicted molar refractivity (Wildman–Crippen MR) is 101 cm³/mol. The first kappa shape index (κ1) is 17.1. The van der Waals surface area contributed by atoms with Crippen LogP contribution in [0.25, 0.3) is 0 Å². The third kappa shape index (κ3) is 3.74. The zero-order valence-electron chi connectivity index (χ0n) is 15.2. The molecule has 0 spiro atoms. The highest BCUT2D eigenvalue weighted by atomic mass is 16.2. The van der Waals surface area contributed by atoms with Gasteiger partial charge in [-0.3, -0.25) is 9.89 Å². The van der Waals surface area contributed by atoms with Gasteiger partial charge in [0, 0.05) is 50.2 Å². The second-order valence-corrected chi connectivity index (χ2v) is 7.41. The van der Waals surface area contributed by atoms with Crippen LogP contribution in [0, 0.1) is 0 Å². The number of likely N-dealkylation sites (tertiary alicyclic amines) is 1. The van der Waals surface area contributed by atoms with Crippen LogP contribution in [0.3, 0.4) is 0 Å². The van der Waals surface area contributed by atoms with Gasteiger partial charge in [0.2, 0.25) is 0 Å². The van der Waals surface area contributed by atoms with Crippen molar-refractivity contribution in [3.05, 3.63) is 41.9 Å². The highest BCUT2D eigenvalue weighted by Gasteiger charge is 2.26. The van der Waals surface area contributed by atoms with Gasteiger partial charge in [0.25, 0.3) is 5.91 Å². The molecule has 138 valence electrons. The standard InChI is InChI=1S/C20H27N5O/c26-20(25-13-5-6-17(15-25)18-9-10-22-23-18)16-7-8-19(21-14-16)24-11-3-1-2-4-12-24/h7-10,14,17H,1-6,11-13,15H2,(H,22,23). The number of piperidine rings is 1. The first-order valence-electron chi connectivity index (χ1n) is 9.81. The van der Waals surface area contributed by atoms with E-state index in [0.717, 1.165) is 50.5 Å². The lowest BCUT2D eigenvalue weighted by Crippen LogP contribution is -2.39. The van der Waals surface area contributed by atoms with Gasteiger partial charge in [-0.2, -0.15) is 5.10 Å². The average molecular weight is 353 g/mol. The number of carbonyl (C=O) groups excluding carboxylic acids is 1. The van der Waals surface area contributed by atoms with Gasteiger partial charge in [-0.25, -0.2) is 4.98 Å². The van der Waals surface area contributed by atoms with Gasteiger partial charge in [0.15, 0.2) is 0 Å². The molecule has 6 nitrogen and oxygen atoms in total. The number of hydrogen-bond acceptors (Lipinski definition) is 4. The zero-order chi connectivity index (χ0) is 17.8. The fourth-order valence-electron chi connectivity index (χ4n) is 4.09. The number of rotatable bonds is 3. The molecule has 0 saturated carbocycles. The molecule has 6 heteroatoms. The molecule has 26 heavy (non-hydrogen) atoms. The fraction of sp³-hybridized carbons (Fsp3) is 0.550. The van der Waals surface area contributed by atoms with Crippen LogP contribution >= 0.6 is 0 Å². The van der Waals surface area contributed by atoms with Crippen LogP contribution in [0.1, 0.15) is 60.5 Å². The second-order valence-electron chi connectivity index (χ2n) is 7.41. The Hall–Kier alpha value is -2.37. The molecule has 2 aliphatic heterocycles. The van der Waals surface area contributed by atoms with E-state index in [2.05, 4.69) is 20.1 Å². The quantitative estimate of drug-likeness (QED) is 0.920. The Morgan fingerprint density at radius 3 is 2.58 bits per heavy atom. The van der Waals surface area contributed by atoms with Crippen LogP contribution in [-0.4, -0.2) is 52.2 Å². The first-order valence-corrected chi connectivity index (χ1v) is 9.81. The number of anilines is 1. The second kappa shape index (κ2) is 7.89. The molecule has 4 rings (SSSR count). The van der Waals surface area contributed by atoms with Crippen molar-refractivity contribution in [1.82, 2.24) is 20.1 Å². The Kier molecular flexibility index (Phi) is 5.18. The molecule has 1 N–H and O–H groups in total. The molecule has 0 bridgehead atoms. The minimum absolute atomic E-state index is 0.0872. The molecular weight excluding hydrogens is 326 g/mol. The number of hydrogen-bond donors (Lipinski definition) is 1. The Balaban J connectivity index is 1.42. The molecule has 1 amide bonds. The maximum absolute atomic E-state index is 12.9. The lowest BCUT2D eigenvalue weighted by atomic mass is 9.94. The van der Waals surface area contributed by atoms with E-state index in [4.69, 9.17) is 0 Å². The van der Waals surface area contributed by atoms with Crippen LogP contribution in [0.2, 0.25) is 0 Å². The molecule has 2 saturated heterocycles. The van der Waals surface area contributed by atoms with Crippen molar-refractivity contribution < 1.29 is 4.79 Å². The monoisotopic (exact) mass is 353 g/mol. The summed E-state index contributed by atoms with van der Waals surface area (Å²) >= 11 is 0. The summed E-state index contributed by atoms with van der Waals surface area (Å²) < 4.78 is 0. The van der Waals surface area contributed by atoms with Gasteiger partial charge >= 0.3 is 0 Å². The molecule has 2 fully saturated rings. The van der Waals surface area contributed by atoms with Crippen LogP contribution < -0.4 is 4.90 Å². The lowest BCUT2D eigenvalue weighted by Gasteiger charge is -2.32. The number of nitrogens with zero attached hydrogens (tertiary/aromatic N) is 4. The Morgan fingerprint density at radius 2 is 1.88 bits per heavy atom. The summed E-state index contributed by atoms with van der Waals surface area (Å²) in [6.07, 6.45) is 10.7. The number of aromatic nitrogens is 3. The van der Waals surface area contributed by atoms with E-state index in [9.17, 15) is 4.79 Å². The van der Waals surface area contributed by atoms with E-state index in [1.807, 2.05) is 23.1 Å². The van der Waals surface area contributed by atoms with Gasteiger partial charge in [0.1, 0.15) is 5.82 Å². The smallest absolute Gasteiger partial charge is 0.255 e. The third-order valence-electron chi connectivity index (χ3n) is 5.60. The molecule has 0 aromatic carbocycles. The van der Waals surface area contributed by atoms with Crippen LogP contribution in [0.15, 0.2) is 30.6 Å². The molecule has 0 aliphatic carbocycles. The molecule has 0 radical (unpaired) electrons. The molecule has 2 aromatic rings. The van der Waals surface area contributed by atoms with Crippen molar-refractivity contribution >= 4 is 11.7 Å². The van der Waals surface area contributed by atoms with Crippen LogP contribution in [0.5, 0.6) is 0 Å². The van der Waals surface area contributed by atoms with Crippen LogP contribution in [-0.2, 0) is 0 Å².